The third-order valence-corrected chi connectivity index (χ3v) is 3.57. The van der Waals surface area contributed by atoms with Gasteiger partial charge in [-0.15, -0.1) is 0 Å². The van der Waals surface area contributed by atoms with Gasteiger partial charge in [0.05, 0.1) is 5.60 Å². The highest BCUT2D eigenvalue weighted by Gasteiger charge is 2.23. The summed E-state index contributed by atoms with van der Waals surface area (Å²) >= 11 is 5.00. The van der Waals surface area contributed by atoms with E-state index >= 15 is 0 Å². The molecule has 1 saturated heterocycles. The van der Waals surface area contributed by atoms with Gasteiger partial charge in [0.25, 0.3) is 0 Å². The van der Waals surface area contributed by atoms with Crippen LogP contribution >= 0.6 is 12.2 Å². The maximum atomic E-state index is 9.85. The molecule has 6 heteroatoms. The zero-order valence-electron chi connectivity index (χ0n) is 12.0. The monoisotopic (exact) mass is 294 g/mol. The lowest BCUT2D eigenvalue weighted by Gasteiger charge is -2.37. The Morgan fingerprint density at radius 3 is 2.60 bits per heavy atom. The van der Waals surface area contributed by atoms with E-state index in [0.717, 1.165) is 37.6 Å². The SMILES string of the molecule is CC(C)(O)CN1CCN(c2cc(C(N)=S)ccn2)CC1. The van der Waals surface area contributed by atoms with Crippen molar-refractivity contribution in [2.24, 2.45) is 5.73 Å². The molecule has 0 spiro atoms. The average molecular weight is 294 g/mol. The number of aliphatic hydroxyl groups is 1. The fourth-order valence-electron chi connectivity index (χ4n) is 2.43. The van der Waals surface area contributed by atoms with Gasteiger partial charge in [0, 0.05) is 44.5 Å². The van der Waals surface area contributed by atoms with Crippen LogP contribution in [0.15, 0.2) is 18.3 Å². The van der Waals surface area contributed by atoms with E-state index in [-0.39, 0.29) is 0 Å². The summed E-state index contributed by atoms with van der Waals surface area (Å²) in [6, 6.07) is 3.77. The number of nitrogens with zero attached hydrogens (tertiary/aromatic N) is 3. The van der Waals surface area contributed by atoms with Crippen molar-refractivity contribution in [3.8, 4) is 0 Å². The number of pyridine rings is 1. The van der Waals surface area contributed by atoms with Crippen LogP contribution in [-0.4, -0.2) is 58.3 Å². The number of hydrogen-bond acceptors (Lipinski definition) is 5. The maximum Gasteiger partial charge on any atom is 0.129 e. The van der Waals surface area contributed by atoms with Crippen molar-refractivity contribution in [1.29, 1.82) is 0 Å². The molecule has 0 radical (unpaired) electrons. The second-order valence-corrected chi connectivity index (χ2v) is 6.28. The molecule has 1 aliphatic heterocycles. The third-order valence-electron chi connectivity index (χ3n) is 3.34. The summed E-state index contributed by atoms with van der Waals surface area (Å²) in [5, 5.41) is 9.85. The number of anilines is 1. The molecule has 1 aromatic rings. The molecule has 0 atom stereocenters. The molecule has 5 nitrogen and oxygen atoms in total. The highest BCUT2D eigenvalue weighted by atomic mass is 32.1. The lowest BCUT2D eigenvalue weighted by atomic mass is 10.1. The summed E-state index contributed by atoms with van der Waals surface area (Å²) in [7, 11) is 0. The fourth-order valence-corrected chi connectivity index (χ4v) is 2.55. The predicted octanol–water partition coefficient (Wildman–Crippen LogP) is 0.609. The Labute approximate surface area is 125 Å². The van der Waals surface area contributed by atoms with Crippen LogP contribution in [-0.2, 0) is 0 Å². The normalized spacial score (nSPS) is 17.2. The zero-order chi connectivity index (χ0) is 14.8. The number of rotatable bonds is 4. The number of piperazine rings is 1. The summed E-state index contributed by atoms with van der Waals surface area (Å²) in [6.45, 7) is 8.00. The van der Waals surface area contributed by atoms with Gasteiger partial charge >= 0.3 is 0 Å². The number of thiocarbonyl (C=S) groups is 1. The van der Waals surface area contributed by atoms with Crippen LogP contribution in [0.2, 0.25) is 0 Å². The molecule has 1 fully saturated rings. The van der Waals surface area contributed by atoms with E-state index in [1.165, 1.54) is 0 Å². The summed E-state index contributed by atoms with van der Waals surface area (Å²) < 4.78 is 0. The number of aromatic nitrogens is 1. The highest BCUT2D eigenvalue weighted by molar-refractivity contribution is 7.80. The van der Waals surface area contributed by atoms with Crippen molar-refractivity contribution in [3.05, 3.63) is 23.9 Å². The minimum atomic E-state index is -0.647. The minimum absolute atomic E-state index is 0.398. The number of β-amino-alcohol motifs (C(OH)–C–C–N with tert-alkyl or cyclic N) is 1. The van der Waals surface area contributed by atoms with Crippen LogP contribution in [0.25, 0.3) is 0 Å². The van der Waals surface area contributed by atoms with Gasteiger partial charge in [-0.1, -0.05) is 12.2 Å². The summed E-state index contributed by atoms with van der Waals surface area (Å²) in [5.41, 5.74) is 5.86. The van der Waals surface area contributed by atoms with Crippen LogP contribution < -0.4 is 10.6 Å². The van der Waals surface area contributed by atoms with Crippen LogP contribution in [0.5, 0.6) is 0 Å². The van der Waals surface area contributed by atoms with E-state index in [1.807, 2.05) is 26.0 Å². The molecule has 2 heterocycles. The van der Waals surface area contributed by atoms with Crippen molar-refractivity contribution in [2.75, 3.05) is 37.6 Å². The Morgan fingerprint density at radius 1 is 1.40 bits per heavy atom. The number of hydrogen-bond donors (Lipinski definition) is 2. The van der Waals surface area contributed by atoms with Crippen molar-refractivity contribution < 1.29 is 5.11 Å². The highest BCUT2D eigenvalue weighted by Crippen LogP contribution is 2.16. The molecule has 0 bridgehead atoms. The lowest BCUT2D eigenvalue weighted by molar-refractivity contribution is 0.0344. The molecule has 1 aliphatic rings. The van der Waals surface area contributed by atoms with Gasteiger partial charge in [-0.2, -0.15) is 0 Å². The lowest BCUT2D eigenvalue weighted by Crippen LogP contribution is -2.50. The van der Waals surface area contributed by atoms with Gasteiger partial charge in [-0.05, 0) is 26.0 Å². The largest absolute Gasteiger partial charge is 0.389 e. The second-order valence-electron chi connectivity index (χ2n) is 5.84. The van der Waals surface area contributed by atoms with Crippen LogP contribution in [0.1, 0.15) is 19.4 Å². The molecule has 0 aliphatic carbocycles. The third kappa shape index (κ3) is 4.13. The van der Waals surface area contributed by atoms with E-state index < -0.39 is 5.60 Å². The van der Waals surface area contributed by atoms with Crippen molar-refractivity contribution in [1.82, 2.24) is 9.88 Å². The zero-order valence-corrected chi connectivity index (χ0v) is 12.9. The van der Waals surface area contributed by atoms with Gasteiger partial charge < -0.3 is 15.7 Å². The number of nitrogens with two attached hydrogens (primary N) is 1. The van der Waals surface area contributed by atoms with Crippen LogP contribution in [0, 0.1) is 0 Å². The predicted molar refractivity (Wildman–Crippen MR) is 85.1 cm³/mol. The quantitative estimate of drug-likeness (QED) is 0.793. The molecular weight excluding hydrogens is 272 g/mol. The van der Waals surface area contributed by atoms with E-state index in [9.17, 15) is 5.11 Å². The molecule has 20 heavy (non-hydrogen) atoms. The van der Waals surface area contributed by atoms with E-state index in [4.69, 9.17) is 18.0 Å². The van der Waals surface area contributed by atoms with Gasteiger partial charge in [-0.25, -0.2) is 4.98 Å². The van der Waals surface area contributed by atoms with E-state index in [2.05, 4.69) is 14.8 Å². The molecule has 0 aromatic carbocycles. The van der Waals surface area contributed by atoms with Gasteiger partial charge in [0.2, 0.25) is 0 Å². The van der Waals surface area contributed by atoms with Crippen molar-refractivity contribution in [2.45, 2.75) is 19.4 Å². The molecule has 110 valence electrons. The van der Waals surface area contributed by atoms with Gasteiger partial charge in [0.1, 0.15) is 10.8 Å². The van der Waals surface area contributed by atoms with E-state index in [0.29, 0.717) is 11.5 Å². The topological polar surface area (TPSA) is 65.6 Å². The van der Waals surface area contributed by atoms with Gasteiger partial charge in [0.15, 0.2) is 0 Å². The Bertz CT molecular complexity index is 478. The van der Waals surface area contributed by atoms with E-state index in [1.54, 1.807) is 6.20 Å². The smallest absolute Gasteiger partial charge is 0.129 e. The first kappa shape index (κ1) is 15.2. The van der Waals surface area contributed by atoms with Crippen LogP contribution in [0.3, 0.4) is 0 Å². The van der Waals surface area contributed by atoms with Crippen molar-refractivity contribution >= 4 is 23.0 Å². The Balaban J connectivity index is 1.97. The molecular formula is C14H22N4OS. The minimum Gasteiger partial charge on any atom is -0.389 e. The summed E-state index contributed by atoms with van der Waals surface area (Å²) in [6.07, 6.45) is 1.74. The molecule has 0 amide bonds. The standard InChI is InChI=1S/C14H22N4OS/c1-14(2,19)10-17-5-7-18(8-6-17)12-9-11(13(15)20)3-4-16-12/h3-4,9,19H,5-8,10H2,1-2H3,(H2,15,20). The van der Waals surface area contributed by atoms with Crippen molar-refractivity contribution in [3.63, 3.8) is 0 Å². The molecule has 2 rings (SSSR count). The average Bonchev–Trinajstić information content (AvgIpc) is 2.38. The maximum absolute atomic E-state index is 9.85. The molecule has 0 saturated carbocycles. The first-order valence-corrected chi connectivity index (χ1v) is 7.21. The summed E-state index contributed by atoms with van der Waals surface area (Å²) in [4.78, 5) is 9.28. The van der Waals surface area contributed by atoms with Crippen LogP contribution in [0.4, 0.5) is 5.82 Å². The fraction of sp³-hybridized carbons (Fsp3) is 0.571. The summed E-state index contributed by atoms with van der Waals surface area (Å²) in [5.74, 6) is 0.915. The molecule has 1 aromatic heterocycles. The Morgan fingerprint density at radius 2 is 2.05 bits per heavy atom. The molecule has 0 unspecified atom stereocenters. The molecule has 3 N–H and O–H groups in total. The first-order chi connectivity index (χ1) is 9.35. The first-order valence-electron chi connectivity index (χ1n) is 6.81. The second kappa shape index (κ2) is 6.03. The van der Waals surface area contributed by atoms with Gasteiger partial charge in [-0.3, -0.25) is 4.90 Å². The Kier molecular flexibility index (Phi) is 4.57. The Hall–Kier alpha value is -1.24.